The fraction of sp³-hybridized carbons (Fsp3) is 0.455. The molecule has 0 aliphatic rings. The zero-order valence-electron chi connectivity index (χ0n) is 10.1. The molecule has 1 aromatic rings. The molecule has 16 heavy (non-hydrogen) atoms. The van der Waals surface area contributed by atoms with Gasteiger partial charge in [0.25, 0.3) is 0 Å². The number of ether oxygens (including phenoxy) is 4. The fourth-order valence-corrected chi connectivity index (χ4v) is 1.28. The van der Waals surface area contributed by atoms with Gasteiger partial charge in [-0.1, -0.05) is 12.1 Å². The van der Waals surface area contributed by atoms with Gasteiger partial charge in [0.15, 0.2) is 0 Å². The molecule has 5 heteroatoms. The Bertz CT molecular complexity index is 308. The van der Waals surface area contributed by atoms with Crippen LogP contribution in [0.4, 0.5) is 0 Å². The number of methoxy groups -OCH3 is 3. The summed E-state index contributed by atoms with van der Waals surface area (Å²) in [4.78, 5) is 0. The third kappa shape index (κ3) is 3.60. The summed E-state index contributed by atoms with van der Waals surface area (Å²) in [6.07, 6.45) is 0. The number of hydrogen-bond acceptors (Lipinski definition) is 4. The average Bonchev–Trinajstić information content (AvgIpc) is 2.36. The fourth-order valence-electron chi connectivity index (χ4n) is 1.14. The predicted molar refractivity (Wildman–Crippen MR) is 64.5 cm³/mol. The molecule has 0 heterocycles. The summed E-state index contributed by atoms with van der Waals surface area (Å²) in [7, 11) is 5.43. The minimum Gasteiger partial charge on any atom is -0.497 e. The first-order valence-electron chi connectivity index (χ1n) is 5.00. The second-order valence-electron chi connectivity index (χ2n) is 3.41. The highest BCUT2D eigenvalue weighted by Gasteiger charge is 2.22. The van der Waals surface area contributed by atoms with Crippen molar-refractivity contribution in [2.45, 2.75) is 12.2 Å². The van der Waals surface area contributed by atoms with Gasteiger partial charge < -0.3 is 18.9 Å². The van der Waals surface area contributed by atoms with Crippen LogP contribution in [0.1, 0.15) is 5.56 Å². The summed E-state index contributed by atoms with van der Waals surface area (Å²) in [5, 5.41) is 0. The van der Waals surface area contributed by atoms with Gasteiger partial charge in [0.1, 0.15) is 16.0 Å². The van der Waals surface area contributed by atoms with Gasteiger partial charge in [-0.15, -0.1) is 0 Å². The molecule has 0 bridgehead atoms. The molecule has 4 nitrogen and oxygen atoms in total. The van der Waals surface area contributed by atoms with E-state index in [9.17, 15) is 0 Å². The molecule has 90 valence electrons. The molecule has 0 radical (unpaired) electrons. The maximum atomic E-state index is 5.56. The Labute approximate surface area is 98.9 Å². The van der Waals surface area contributed by atoms with E-state index in [1.165, 1.54) is 0 Å². The normalized spacial score (nSPS) is 11.7. The maximum absolute atomic E-state index is 5.56. The minimum atomic E-state index is -0.861. The molecule has 0 aliphatic heterocycles. The maximum Gasteiger partial charge on any atom is 0.245 e. The van der Waals surface area contributed by atoms with Crippen LogP contribution >= 0.6 is 0 Å². The van der Waals surface area contributed by atoms with Crippen molar-refractivity contribution < 1.29 is 18.9 Å². The zero-order chi connectivity index (χ0) is 12.0. The summed E-state index contributed by atoms with van der Waals surface area (Å²) in [5.74, 6) is 0.833. The number of benzene rings is 1. The standard InChI is InChI=1S/C11H18O4Si/c1-12-10-6-4-9(5-7-10)8-15-11(16,13-2)14-3/h4-7H,8H2,1-3,16H3. The molecular formula is C11H18O4Si. The van der Waals surface area contributed by atoms with E-state index in [0.717, 1.165) is 11.3 Å². The Hall–Kier alpha value is -0.883. The molecule has 0 fully saturated rings. The lowest BCUT2D eigenvalue weighted by Gasteiger charge is -2.26. The Kier molecular flexibility index (Phi) is 4.95. The summed E-state index contributed by atoms with van der Waals surface area (Å²) in [5.41, 5.74) is 0.190. The van der Waals surface area contributed by atoms with Crippen molar-refractivity contribution in [3.8, 4) is 5.75 Å². The van der Waals surface area contributed by atoms with Crippen molar-refractivity contribution in [2.24, 2.45) is 0 Å². The molecule has 0 atom stereocenters. The van der Waals surface area contributed by atoms with E-state index in [2.05, 4.69) is 0 Å². The van der Waals surface area contributed by atoms with Crippen molar-refractivity contribution in [1.82, 2.24) is 0 Å². The smallest absolute Gasteiger partial charge is 0.245 e. The van der Waals surface area contributed by atoms with Crippen LogP contribution in [-0.4, -0.2) is 37.2 Å². The lowest BCUT2D eigenvalue weighted by molar-refractivity contribution is -0.309. The number of hydrogen-bond donors (Lipinski definition) is 0. The van der Waals surface area contributed by atoms with Crippen molar-refractivity contribution in [2.75, 3.05) is 21.3 Å². The van der Waals surface area contributed by atoms with E-state index in [1.54, 1.807) is 21.3 Å². The third-order valence-electron chi connectivity index (χ3n) is 2.40. The largest absolute Gasteiger partial charge is 0.497 e. The van der Waals surface area contributed by atoms with Gasteiger partial charge in [-0.25, -0.2) is 0 Å². The van der Waals surface area contributed by atoms with E-state index >= 15 is 0 Å². The van der Waals surface area contributed by atoms with Crippen LogP contribution in [0, 0.1) is 0 Å². The van der Waals surface area contributed by atoms with Crippen LogP contribution in [0.15, 0.2) is 24.3 Å². The Morgan fingerprint density at radius 2 is 1.62 bits per heavy atom. The van der Waals surface area contributed by atoms with Crippen LogP contribution in [-0.2, 0) is 20.8 Å². The average molecular weight is 242 g/mol. The SMILES string of the molecule is COc1ccc(COC([SiH3])(OC)OC)cc1. The first-order valence-corrected chi connectivity index (χ1v) is 6.00. The van der Waals surface area contributed by atoms with E-state index in [1.807, 2.05) is 24.3 Å². The van der Waals surface area contributed by atoms with Gasteiger partial charge >= 0.3 is 0 Å². The van der Waals surface area contributed by atoms with Crippen LogP contribution in [0.5, 0.6) is 5.75 Å². The van der Waals surface area contributed by atoms with Crippen LogP contribution in [0.2, 0.25) is 0 Å². The van der Waals surface area contributed by atoms with Crippen molar-refractivity contribution in [3.05, 3.63) is 29.8 Å². The van der Waals surface area contributed by atoms with E-state index < -0.39 is 5.60 Å². The van der Waals surface area contributed by atoms with Crippen molar-refractivity contribution >= 4 is 10.2 Å². The van der Waals surface area contributed by atoms with Gasteiger partial charge in [-0.2, -0.15) is 0 Å². The lowest BCUT2D eigenvalue weighted by Crippen LogP contribution is -2.37. The Morgan fingerprint density at radius 3 is 2.06 bits per heavy atom. The van der Waals surface area contributed by atoms with Gasteiger partial charge in [-0.3, -0.25) is 0 Å². The third-order valence-corrected chi connectivity index (χ3v) is 3.51. The monoisotopic (exact) mass is 242 g/mol. The highest BCUT2D eigenvalue weighted by atomic mass is 28.1. The highest BCUT2D eigenvalue weighted by molar-refractivity contribution is 6.12. The van der Waals surface area contributed by atoms with Crippen LogP contribution < -0.4 is 4.74 Å². The van der Waals surface area contributed by atoms with Crippen molar-refractivity contribution in [1.29, 1.82) is 0 Å². The van der Waals surface area contributed by atoms with E-state index in [0.29, 0.717) is 16.8 Å². The lowest BCUT2D eigenvalue weighted by atomic mass is 10.2. The van der Waals surface area contributed by atoms with Crippen LogP contribution in [0.3, 0.4) is 0 Å². The molecule has 0 amide bonds. The molecule has 0 saturated heterocycles. The van der Waals surface area contributed by atoms with Gasteiger partial charge in [0.2, 0.25) is 5.60 Å². The summed E-state index contributed by atoms with van der Waals surface area (Å²) in [6, 6.07) is 7.69. The molecule has 0 N–H and O–H groups in total. The summed E-state index contributed by atoms with van der Waals surface area (Å²) < 4.78 is 20.9. The Morgan fingerprint density at radius 1 is 1.06 bits per heavy atom. The van der Waals surface area contributed by atoms with Gasteiger partial charge in [-0.05, 0) is 17.7 Å². The Balaban J connectivity index is 2.54. The molecule has 0 unspecified atom stereocenters. The quantitative estimate of drug-likeness (QED) is 0.537. The molecule has 0 aromatic heterocycles. The molecular weight excluding hydrogens is 224 g/mol. The second kappa shape index (κ2) is 6.00. The molecule has 0 saturated carbocycles. The topological polar surface area (TPSA) is 36.9 Å². The first-order chi connectivity index (χ1) is 7.63. The molecule has 0 spiro atoms. The molecule has 1 rings (SSSR count). The van der Waals surface area contributed by atoms with E-state index in [4.69, 9.17) is 18.9 Å². The van der Waals surface area contributed by atoms with Crippen LogP contribution in [0.25, 0.3) is 0 Å². The molecule has 0 aliphatic carbocycles. The highest BCUT2D eigenvalue weighted by Crippen LogP contribution is 2.15. The van der Waals surface area contributed by atoms with Crippen molar-refractivity contribution in [3.63, 3.8) is 0 Å². The minimum absolute atomic E-state index is 0.454. The first kappa shape index (κ1) is 13.2. The zero-order valence-corrected chi connectivity index (χ0v) is 12.1. The van der Waals surface area contributed by atoms with Gasteiger partial charge in [0, 0.05) is 14.2 Å². The summed E-state index contributed by atoms with van der Waals surface area (Å²) >= 11 is 0. The van der Waals surface area contributed by atoms with E-state index in [-0.39, 0.29) is 0 Å². The second-order valence-corrected chi connectivity index (χ2v) is 4.63. The summed E-state index contributed by atoms with van der Waals surface area (Å²) in [6.45, 7) is 0.454. The number of rotatable bonds is 6. The molecule has 1 aromatic carbocycles. The predicted octanol–water partition coefficient (Wildman–Crippen LogP) is 0.481. The van der Waals surface area contributed by atoms with Gasteiger partial charge in [0.05, 0.1) is 13.7 Å².